The summed E-state index contributed by atoms with van der Waals surface area (Å²) in [6.07, 6.45) is 2.41. The standard InChI is InChI=1S/C18H19ClF3NO/c1-17(2,3)13-8-7-12(18(20,21)22)15(16(13)19)14(24)11-23-9-5-4-6-10-23/h4-9H,10-11H2,1-3H3. The highest BCUT2D eigenvalue weighted by Gasteiger charge is 2.38. The Hall–Kier alpha value is -1.75. The lowest BCUT2D eigenvalue weighted by Gasteiger charge is -2.25. The molecule has 1 heterocycles. The summed E-state index contributed by atoms with van der Waals surface area (Å²) in [7, 11) is 0. The average Bonchev–Trinajstić information content (AvgIpc) is 2.45. The maximum absolute atomic E-state index is 13.3. The summed E-state index contributed by atoms with van der Waals surface area (Å²) in [6.45, 7) is 5.84. The van der Waals surface area contributed by atoms with Crippen LogP contribution in [-0.2, 0) is 11.6 Å². The molecule has 0 aliphatic carbocycles. The van der Waals surface area contributed by atoms with Gasteiger partial charge in [0.25, 0.3) is 0 Å². The predicted molar refractivity (Wildman–Crippen MR) is 89.3 cm³/mol. The number of benzene rings is 1. The number of hydrogen-bond acceptors (Lipinski definition) is 2. The first kappa shape index (κ1) is 18.6. The third-order valence-corrected chi connectivity index (χ3v) is 4.16. The minimum Gasteiger partial charge on any atom is -0.366 e. The van der Waals surface area contributed by atoms with E-state index in [2.05, 4.69) is 0 Å². The summed E-state index contributed by atoms with van der Waals surface area (Å²) in [5.74, 6) is -0.640. The Morgan fingerprint density at radius 3 is 2.29 bits per heavy atom. The number of rotatable bonds is 3. The molecule has 0 bridgehead atoms. The maximum Gasteiger partial charge on any atom is 0.417 e. The van der Waals surface area contributed by atoms with E-state index in [1.54, 1.807) is 17.2 Å². The molecule has 0 spiro atoms. The molecule has 0 radical (unpaired) electrons. The van der Waals surface area contributed by atoms with Gasteiger partial charge in [-0.05, 0) is 29.3 Å². The van der Waals surface area contributed by atoms with E-state index >= 15 is 0 Å². The first-order chi connectivity index (χ1) is 11.0. The molecular formula is C18H19ClF3NO. The number of carbonyl (C=O) groups is 1. The Bertz CT molecular complexity index is 699. The third kappa shape index (κ3) is 4.01. The minimum atomic E-state index is -4.64. The first-order valence-corrected chi connectivity index (χ1v) is 7.90. The van der Waals surface area contributed by atoms with E-state index in [9.17, 15) is 18.0 Å². The van der Waals surface area contributed by atoms with Crippen molar-refractivity contribution in [3.05, 3.63) is 58.3 Å². The van der Waals surface area contributed by atoms with Gasteiger partial charge in [0.05, 0.1) is 22.7 Å². The van der Waals surface area contributed by atoms with Crippen molar-refractivity contribution in [3.8, 4) is 0 Å². The summed E-state index contributed by atoms with van der Waals surface area (Å²) in [5, 5.41) is -0.112. The molecule has 1 aromatic rings. The van der Waals surface area contributed by atoms with Gasteiger partial charge in [-0.1, -0.05) is 50.6 Å². The van der Waals surface area contributed by atoms with Gasteiger partial charge < -0.3 is 4.90 Å². The molecule has 0 amide bonds. The van der Waals surface area contributed by atoms with Crippen LogP contribution in [0.2, 0.25) is 5.02 Å². The SMILES string of the molecule is CC(C)(C)c1ccc(C(F)(F)F)c(C(=O)CN2C=CC=CC2)c1Cl. The van der Waals surface area contributed by atoms with E-state index in [1.165, 1.54) is 6.07 Å². The largest absolute Gasteiger partial charge is 0.417 e. The molecule has 6 heteroatoms. The van der Waals surface area contributed by atoms with Gasteiger partial charge >= 0.3 is 6.18 Å². The Morgan fingerprint density at radius 1 is 1.17 bits per heavy atom. The summed E-state index contributed by atoms with van der Waals surface area (Å²) in [5.41, 5.74) is -1.37. The van der Waals surface area contributed by atoms with Gasteiger partial charge in [0.15, 0.2) is 5.78 Å². The van der Waals surface area contributed by atoms with E-state index in [4.69, 9.17) is 11.6 Å². The molecule has 1 aliphatic heterocycles. The maximum atomic E-state index is 13.3. The molecule has 1 aromatic carbocycles. The van der Waals surface area contributed by atoms with Gasteiger partial charge in [-0.2, -0.15) is 13.2 Å². The van der Waals surface area contributed by atoms with Crippen molar-refractivity contribution >= 4 is 17.4 Å². The fraction of sp³-hybridized carbons (Fsp3) is 0.389. The topological polar surface area (TPSA) is 20.3 Å². The number of alkyl halides is 3. The fourth-order valence-electron chi connectivity index (χ4n) is 2.55. The normalized spacial score (nSPS) is 15.0. The highest BCUT2D eigenvalue weighted by Crippen LogP contribution is 2.40. The summed E-state index contributed by atoms with van der Waals surface area (Å²) >= 11 is 6.25. The Kier molecular flexibility index (Phi) is 5.14. The zero-order valence-corrected chi connectivity index (χ0v) is 14.5. The molecule has 24 heavy (non-hydrogen) atoms. The molecule has 0 aromatic heterocycles. The third-order valence-electron chi connectivity index (χ3n) is 3.76. The van der Waals surface area contributed by atoms with Crippen molar-refractivity contribution < 1.29 is 18.0 Å². The van der Waals surface area contributed by atoms with Gasteiger partial charge in [-0.15, -0.1) is 0 Å². The fourth-order valence-corrected chi connectivity index (χ4v) is 3.11. The molecule has 2 rings (SSSR count). The second kappa shape index (κ2) is 6.63. The lowest BCUT2D eigenvalue weighted by Crippen LogP contribution is -2.28. The predicted octanol–water partition coefficient (Wildman–Crippen LogP) is 5.22. The Balaban J connectivity index is 2.50. The van der Waals surface area contributed by atoms with E-state index in [0.29, 0.717) is 12.1 Å². The molecule has 1 aliphatic rings. The van der Waals surface area contributed by atoms with E-state index in [-0.39, 0.29) is 11.6 Å². The molecule has 0 atom stereocenters. The van der Waals surface area contributed by atoms with E-state index < -0.39 is 28.5 Å². The van der Waals surface area contributed by atoms with Crippen LogP contribution in [0.5, 0.6) is 0 Å². The van der Waals surface area contributed by atoms with Gasteiger partial charge in [0.1, 0.15) is 0 Å². The second-order valence-corrected chi connectivity index (χ2v) is 7.10. The van der Waals surface area contributed by atoms with Crippen LogP contribution in [0.4, 0.5) is 13.2 Å². The quantitative estimate of drug-likeness (QED) is 0.691. The average molecular weight is 358 g/mol. The number of hydrogen-bond donors (Lipinski definition) is 0. The van der Waals surface area contributed by atoms with Crippen molar-refractivity contribution in [1.29, 1.82) is 0 Å². The van der Waals surface area contributed by atoms with E-state index in [1.807, 2.05) is 32.9 Å². The second-order valence-electron chi connectivity index (χ2n) is 6.72. The Morgan fingerprint density at radius 2 is 1.79 bits per heavy atom. The van der Waals surface area contributed by atoms with Crippen LogP contribution < -0.4 is 0 Å². The van der Waals surface area contributed by atoms with Gasteiger partial charge in [0.2, 0.25) is 0 Å². The smallest absolute Gasteiger partial charge is 0.366 e. The van der Waals surface area contributed by atoms with Crippen molar-refractivity contribution in [2.45, 2.75) is 32.4 Å². The molecule has 0 saturated carbocycles. The summed E-state index contributed by atoms with van der Waals surface area (Å²) in [6, 6.07) is 2.30. The number of allylic oxidation sites excluding steroid dienone is 2. The van der Waals surface area contributed by atoms with E-state index in [0.717, 1.165) is 6.07 Å². The molecule has 130 valence electrons. The number of carbonyl (C=O) groups excluding carboxylic acids is 1. The zero-order chi connectivity index (χ0) is 18.1. The molecular weight excluding hydrogens is 339 g/mol. The highest BCUT2D eigenvalue weighted by atomic mass is 35.5. The molecule has 0 saturated heterocycles. The lowest BCUT2D eigenvalue weighted by molar-refractivity contribution is -0.137. The summed E-state index contributed by atoms with van der Waals surface area (Å²) in [4.78, 5) is 14.2. The number of Topliss-reactive ketones (excluding diaryl/α,β-unsaturated/α-hetero) is 1. The van der Waals surface area contributed by atoms with Crippen LogP contribution >= 0.6 is 11.6 Å². The van der Waals surface area contributed by atoms with Crippen LogP contribution in [0.1, 0.15) is 42.3 Å². The number of halogens is 4. The molecule has 0 unspecified atom stereocenters. The first-order valence-electron chi connectivity index (χ1n) is 7.52. The molecule has 0 N–H and O–H groups in total. The molecule has 0 fully saturated rings. The zero-order valence-electron chi connectivity index (χ0n) is 13.7. The monoisotopic (exact) mass is 357 g/mol. The van der Waals surface area contributed by atoms with Crippen LogP contribution in [0.3, 0.4) is 0 Å². The lowest BCUT2D eigenvalue weighted by atomic mass is 9.84. The minimum absolute atomic E-state index is 0.112. The number of ketones is 1. The van der Waals surface area contributed by atoms with Gasteiger partial charge in [-0.3, -0.25) is 4.79 Å². The van der Waals surface area contributed by atoms with Crippen LogP contribution in [0.25, 0.3) is 0 Å². The van der Waals surface area contributed by atoms with Crippen LogP contribution in [0, 0.1) is 0 Å². The van der Waals surface area contributed by atoms with Gasteiger partial charge in [-0.25, -0.2) is 0 Å². The molecule has 2 nitrogen and oxygen atoms in total. The van der Waals surface area contributed by atoms with Crippen LogP contribution in [-0.4, -0.2) is 23.8 Å². The Labute approximate surface area is 144 Å². The van der Waals surface area contributed by atoms with Crippen LogP contribution in [0.15, 0.2) is 36.6 Å². The number of nitrogens with zero attached hydrogens (tertiary/aromatic N) is 1. The van der Waals surface area contributed by atoms with Crippen molar-refractivity contribution in [1.82, 2.24) is 4.90 Å². The van der Waals surface area contributed by atoms with Crippen molar-refractivity contribution in [2.75, 3.05) is 13.1 Å². The highest BCUT2D eigenvalue weighted by molar-refractivity contribution is 6.35. The van der Waals surface area contributed by atoms with Crippen molar-refractivity contribution in [2.24, 2.45) is 0 Å². The summed E-state index contributed by atoms with van der Waals surface area (Å²) < 4.78 is 40.0. The van der Waals surface area contributed by atoms with Gasteiger partial charge in [0, 0.05) is 6.54 Å². The van der Waals surface area contributed by atoms with Crippen molar-refractivity contribution in [3.63, 3.8) is 0 Å².